The Morgan fingerprint density at radius 1 is 1.07 bits per heavy atom. The van der Waals surface area contributed by atoms with Crippen molar-refractivity contribution >= 4 is 56.4 Å². The van der Waals surface area contributed by atoms with Crippen LogP contribution in [-0.2, 0) is 16.1 Å². The highest BCUT2D eigenvalue weighted by molar-refractivity contribution is 7.21. The number of nitrogens with one attached hydrogen (secondary N) is 2. The minimum absolute atomic E-state index is 0.135. The predicted octanol–water partition coefficient (Wildman–Crippen LogP) is 3.73. The number of nitrogens with zero attached hydrogens (tertiary/aromatic N) is 1. The minimum Gasteiger partial charge on any atom is -0.350 e. The Morgan fingerprint density at radius 3 is 2.53 bits per heavy atom. The Morgan fingerprint density at radius 2 is 1.83 bits per heavy atom. The van der Waals surface area contributed by atoms with Gasteiger partial charge in [-0.3, -0.25) is 14.4 Å². The average molecular weight is 442 g/mol. The van der Waals surface area contributed by atoms with Crippen molar-refractivity contribution in [3.8, 4) is 0 Å². The van der Waals surface area contributed by atoms with Crippen LogP contribution >= 0.6 is 22.9 Å². The number of thiophene rings is 1. The Kier molecular flexibility index (Phi) is 6.01. The standard InChI is InChI=1S/C22H20ClN3O3S/c23-20-16-4-1-2-5-17(16)30-21(20)22(29)25-13-18(27)24-12-14-7-9-15(10-8-14)26-11-3-6-19(26)28/h1-2,4-5,7-10H,3,6,11-13H2,(H,24,27)(H,25,29). The summed E-state index contributed by atoms with van der Waals surface area (Å²) in [7, 11) is 0. The summed E-state index contributed by atoms with van der Waals surface area (Å²) in [5.41, 5.74) is 1.79. The predicted molar refractivity (Wildman–Crippen MR) is 119 cm³/mol. The number of benzene rings is 2. The molecule has 3 aromatic rings. The molecule has 2 N–H and O–H groups in total. The lowest BCUT2D eigenvalue weighted by atomic mass is 10.2. The second kappa shape index (κ2) is 8.85. The third kappa shape index (κ3) is 4.32. The molecule has 0 radical (unpaired) electrons. The molecule has 0 atom stereocenters. The molecule has 1 fully saturated rings. The van der Waals surface area contributed by atoms with E-state index in [-0.39, 0.29) is 24.3 Å². The number of hydrogen-bond donors (Lipinski definition) is 2. The fourth-order valence-corrected chi connectivity index (χ4v) is 4.81. The lowest BCUT2D eigenvalue weighted by Gasteiger charge is -2.16. The second-order valence-corrected chi connectivity index (χ2v) is 8.45. The molecule has 4 rings (SSSR count). The number of amides is 3. The first-order valence-electron chi connectivity index (χ1n) is 9.64. The molecule has 0 unspecified atom stereocenters. The van der Waals surface area contributed by atoms with Crippen LogP contribution in [0, 0.1) is 0 Å². The first kappa shape index (κ1) is 20.4. The number of anilines is 1. The smallest absolute Gasteiger partial charge is 0.263 e. The lowest BCUT2D eigenvalue weighted by molar-refractivity contribution is -0.120. The highest BCUT2D eigenvalue weighted by atomic mass is 35.5. The fourth-order valence-electron chi connectivity index (χ4n) is 3.38. The van der Waals surface area contributed by atoms with Gasteiger partial charge >= 0.3 is 0 Å². The van der Waals surface area contributed by atoms with Crippen molar-refractivity contribution in [2.75, 3.05) is 18.0 Å². The molecule has 1 aromatic heterocycles. The van der Waals surface area contributed by atoms with Crippen molar-refractivity contribution < 1.29 is 14.4 Å². The summed E-state index contributed by atoms with van der Waals surface area (Å²) in [6.07, 6.45) is 1.48. The maximum absolute atomic E-state index is 12.4. The van der Waals surface area contributed by atoms with Gasteiger partial charge in [0.15, 0.2) is 0 Å². The molecular weight excluding hydrogens is 422 g/mol. The molecule has 1 saturated heterocycles. The largest absolute Gasteiger partial charge is 0.350 e. The number of hydrogen-bond acceptors (Lipinski definition) is 4. The van der Waals surface area contributed by atoms with Gasteiger partial charge in [-0.2, -0.15) is 0 Å². The van der Waals surface area contributed by atoms with Gasteiger partial charge in [0.2, 0.25) is 11.8 Å². The molecule has 6 nitrogen and oxygen atoms in total. The van der Waals surface area contributed by atoms with Gasteiger partial charge < -0.3 is 15.5 Å². The molecule has 0 bridgehead atoms. The summed E-state index contributed by atoms with van der Waals surface area (Å²) >= 11 is 7.60. The second-order valence-electron chi connectivity index (χ2n) is 7.02. The van der Waals surface area contributed by atoms with Crippen LogP contribution in [0.5, 0.6) is 0 Å². The zero-order valence-electron chi connectivity index (χ0n) is 16.1. The van der Waals surface area contributed by atoms with E-state index in [1.165, 1.54) is 11.3 Å². The van der Waals surface area contributed by atoms with Crippen molar-refractivity contribution in [3.63, 3.8) is 0 Å². The van der Waals surface area contributed by atoms with Crippen LogP contribution in [-0.4, -0.2) is 30.8 Å². The van der Waals surface area contributed by atoms with E-state index in [2.05, 4.69) is 10.6 Å². The highest BCUT2D eigenvalue weighted by Gasteiger charge is 2.21. The number of carbonyl (C=O) groups excluding carboxylic acids is 3. The number of carbonyl (C=O) groups is 3. The summed E-state index contributed by atoms with van der Waals surface area (Å²) in [4.78, 5) is 38.5. The van der Waals surface area contributed by atoms with Crippen molar-refractivity contribution in [1.82, 2.24) is 10.6 Å². The Hall–Kier alpha value is -2.90. The summed E-state index contributed by atoms with van der Waals surface area (Å²) in [5, 5.41) is 6.64. The van der Waals surface area contributed by atoms with Crippen LogP contribution < -0.4 is 15.5 Å². The van der Waals surface area contributed by atoms with Crippen molar-refractivity contribution in [3.05, 3.63) is 64.0 Å². The van der Waals surface area contributed by atoms with E-state index < -0.39 is 0 Å². The van der Waals surface area contributed by atoms with Gasteiger partial charge in [0, 0.05) is 35.3 Å². The van der Waals surface area contributed by atoms with E-state index in [9.17, 15) is 14.4 Å². The summed E-state index contributed by atoms with van der Waals surface area (Å²) < 4.78 is 0.927. The van der Waals surface area contributed by atoms with Crippen molar-refractivity contribution in [2.24, 2.45) is 0 Å². The first-order valence-corrected chi connectivity index (χ1v) is 10.8. The van der Waals surface area contributed by atoms with Gasteiger partial charge in [0.05, 0.1) is 11.6 Å². The van der Waals surface area contributed by atoms with E-state index >= 15 is 0 Å². The molecular formula is C22H20ClN3O3S. The average Bonchev–Trinajstić information content (AvgIpc) is 3.34. The number of halogens is 1. The topological polar surface area (TPSA) is 78.5 Å². The first-order chi connectivity index (χ1) is 14.5. The summed E-state index contributed by atoms with van der Waals surface area (Å²) in [6, 6.07) is 15.1. The van der Waals surface area contributed by atoms with E-state index in [0.717, 1.165) is 34.3 Å². The van der Waals surface area contributed by atoms with Gasteiger partial charge in [-0.15, -0.1) is 11.3 Å². The van der Waals surface area contributed by atoms with Gasteiger partial charge in [0.1, 0.15) is 4.88 Å². The van der Waals surface area contributed by atoms with Crippen LogP contribution in [0.3, 0.4) is 0 Å². The van der Waals surface area contributed by atoms with Gasteiger partial charge in [-0.1, -0.05) is 41.9 Å². The van der Waals surface area contributed by atoms with Crippen LogP contribution in [0.1, 0.15) is 28.1 Å². The molecule has 0 saturated carbocycles. The van der Waals surface area contributed by atoms with Crippen LogP contribution in [0.2, 0.25) is 5.02 Å². The Labute approximate surface area is 182 Å². The molecule has 1 aliphatic heterocycles. The van der Waals surface area contributed by atoms with Gasteiger partial charge in [0.25, 0.3) is 5.91 Å². The summed E-state index contributed by atoms with van der Waals surface area (Å²) in [5.74, 6) is -0.513. The van der Waals surface area contributed by atoms with Crippen molar-refractivity contribution in [2.45, 2.75) is 19.4 Å². The molecule has 8 heteroatoms. The van der Waals surface area contributed by atoms with E-state index in [4.69, 9.17) is 11.6 Å². The maximum atomic E-state index is 12.4. The molecule has 0 spiro atoms. The molecule has 0 aliphatic carbocycles. The molecule has 2 heterocycles. The number of rotatable bonds is 6. The van der Waals surface area contributed by atoms with E-state index in [0.29, 0.717) is 22.9 Å². The zero-order valence-corrected chi connectivity index (χ0v) is 17.7. The fraction of sp³-hybridized carbons (Fsp3) is 0.227. The van der Waals surface area contributed by atoms with Gasteiger partial charge in [-0.25, -0.2) is 0 Å². The SMILES string of the molecule is O=C(CNC(=O)c1sc2ccccc2c1Cl)NCc1ccc(N2CCCC2=O)cc1. The Bertz CT molecular complexity index is 1110. The third-order valence-corrected chi connectivity index (χ3v) is 6.64. The quantitative estimate of drug-likeness (QED) is 0.611. The van der Waals surface area contributed by atoms with Crippen LogP contribution in [0.25, 0.3) is 10.1 Å². The molecule has 1 aliphatic rings. The maximum Gasteiger partial charge on any atom is 0.263 e. The van der Waals surface area contributed by atoms with Crippen LogP contribution in [0.4, 0.5) is 5.69 Å². The van der Waals surface area contributed by atoms with Crippen LogP contribution in [0.15, 0.2) is 48.5 Å². The van der Waals surface area contributed by atoms with Crippen molar-refractivity contribution in [1.29, 1.82) is 0 Å². The Balaban J connectivity index is 1.28. The summed E-state index contributed by atoms with van der Waals surface area (Å²) in [6.45, 7) is 0.953. The minimum atomic E-state index is -0.365. The zero-order chi connectivity index (χ0) is 21.1. The normalized spacial score (nSPS) is 13.6. The molecule has 154 valence electrons. The van der Waals surface area contributed by atoms with Gasteiger partial charge in [-0.05, 0) is 30.2 Å². The van der Waals surface area contributed by atoms with E-state index in [1.54, 1.807) is 4.90 Å². The van der Waals surface area contributed by atoms with E-state index in [1.807, 2.05) is 48.5 Å². The highest BCUT2D eigenvalue weighted by Crippen LogP contribution is 2.34. The molecule has 30 heavy (non-hydrogen) atoms. The monoisotopic (exact) mass is 441 g/mol. The third-order valence-electron chi connectivity index (χ3n) is 4.96. The molecule has 3 amide bonds. The lowest BCUT2D eigenvalue weighted by Crippen LogP contribution is -2.36. The number of fused-ring (bicyclic) bond motifs is 1. The molecule has 2 aromatic carbocycles.